The van der Waals surface area contributed by atoms with E-state index in [1.807, 2.05) is 54.6 Å². The van der Waals surface area contributed by atoms with Crippen molar-refractivity contribution in [2.45, 2.75) is 0 Å². The third kappa shape index (κ3) is 4.08. The number of fused-ring (bicyclic) bond motifs is 1. The van der Waals surface area contributed by atoms with Crippen LogP contribution in [0.3, 0.4) is 0 Å². The summed E-state index contributed by atoms with van der Waals surface area (Å²) in [5.74, 6) is 6.03. The normalized spacial score (nSPS) is 10.4. The first-order valence-electron chi connectivity index (χ1n) is 7.17. The minimum Gasteiger partial charge on any atom is -0.437 e. The molecule has 112 valence electrons. The average Bonchev–Trinajstić information content (AvgIpc) is 3.01. The summed E-state index contributed by atoms with van der Waals surface area (Å²) in [4.78, 5) is 16.0. The van der Waals surface area contributed by atoms with E-state index in [2.05, 4.69) is 22.1 Å². The summed E-state index contributed by atoms with van der Waals surface area (Å²) in [5.41, 5.74) is 2.38. The number of benzene rings is 2. The van der Waals surface area contributed by atoms with Crippen LogP contribution in [0.1, 0.15) is 11.5 Å². The predicted molar refractivity (Wildman–Crippen MR) is 89.4 cm³/mol. The largest absolute Gasteiger partial charge is 0.437 e. The van der Waals surface area contributed by atoms with Gasteiger partial charge in [-0.3, -0.25) is 4.79 Å². The van der Waals surface area contributed by atoms with Gasteiger partial charge in [-0.05, 0) is 24.3 Å². The first-order chi connectivity index (χ1) is 11.3. The number of aromatic nitrogens is 1. The highest BCUT2D eigenvalue weighted by molar-refractivity contribution is 5.91. The fraction of sp³-hybridized carbons (Fsp3) is 0.0526. The van der Waals surface area contributed by atoms with Crippen LogP contribution in [0.25, 0.3) is 17.2 Å². The molecule has 1 amide bonds. The van der Waals surface area contributed by atoms with Gasteiger partial charge in [-0.25, -0.2) is 4.98 Å². The molecule has 0 saturated heterocycles. The molecule has 2 aromatic carbocycles. The molecule has 1 aromatic heterocycles. The van der Waals surface area contributed by atoms with Gasteiger partial charge >= 0.3 is 0 Å². The van der Waals surface area contributed by atoms with Gasteiger partial charge in [0.2, 0.25) is 11.8 Å². The SMILES string of the molecule is O=C(/C=C/c1nc2ccccc2o1)NCC#Cc1ccccc1. The van der Waals surface area contributed by atoms with Crippen LogP contribution in [-0.2, 0) is 4.79 Å². The van der Waals surface area contributed by atoms with E-state index < -0.39 is 0 Å². The number of rotatable bonds is 3. The maximum absolute atomic E-state index is 11.7. The zero-order chi connectivity index (χ0) is 15.9. The number of carbonyl (C=O) groups excluding carboxylic acids is 1. The van der Waals surface area contributed by atoms with E-state index in [1.165, 1.54) is 6.08 Å². The molecule has 1 N–H and O–H groups in total. The Balaban J connectivity index is 1.54. The summed E-state index contributed by atoms with van der Waals surface area (Å²) in [6.45, 7) is 0.283. The van der Waals surface area contributed by atoms with E-state index in [9.17, 15) is 4.79 Å². The lowest BCUT2D eigenvalue weighted by atomic mass is 10.2. The van der Waals surface area contributed by atoms with Gasteiger partial charge in [-0.2, -0.15) is 0 Å². The van der Waals surface area contributed by atoms with Crippen LogP contribution in [0.5, 0.6) is 0 Å². The average molecular weight is 302 g/mol. The Bertz CT molecular complexity index is 866. The van der Waals surface area contributed by atoms with Gasteiger partial charge in [0.05, 0.1) is 6.54 Å². The Morgan fingerprint density at radius 1 is 1.13 bits per heavy atom. The van der Waals surface area contributed by atoms with E-state index in [1.54, 1.807) is 6.08 Å². The molecule has 0 aliphatic carbocycles. The predicted octanol–water partition coefficient (Wildman–Crippen LogP) is 3.01. The van der Waals surface area contributed by atoms with E-state index in [-0.39, 0.29) is 12.5 Å². The number of nitrogens with zero attached hydrogens (tertiary/aromatic N) is 1. The van der Waals surface area contributed by atoms with Crippen molar-refractivity contribution in [1.82, 2.24) is 10.3 Å². The Labute approximate surface area is 133 Å². The molecular weight excluding hydrogens is 288 g/mol. The highest BCUT2D eigenvalue weighted by atomic mass is 16.3. The molecule has 3 aromatic rings. The molecule has 0 aliphatic heterocycles. The molecule has 4 heteroatoms. The Hall–Kier alpha value is -3.32. The fourth-order valence-electron chi connectivity index (χ4n) is 1.97. The van der Waals surface area contributed by atoms with E-state index in [4.69, 9.17) is 4.42 Å². The number of nitrogens with one attached hydrogen (secondary N) is 1. The molecule has 0 aliphatic rings. The van der Waals surface area contributed by atoms with Crippen LogP contribution in [0, 0.1) is 11.8 Å². The lowest BCUT2D eigenvalue weighted by molar-refractivity contribution is -0.116. The summed E-state index contributed by atoms with van der Waals surface area (Å²) in [5, 5.41) is 2.69. The summed E-state index contributed by atoms with van der Waals surface area (Å²) in [7, 11) is 0. The van der Waals surface area contributed by atoms with Crippen LogP contribution >= 0.6 is 0 Å². The zero-order valence-electron chi connectivity index (χ0n) is 12.3. The second-order valence-electron chi connectivity index (χ2n) is 4.74. The smallest absolute Gasteiger partial charge is 0.244 e. The van der Waals surface area contributed by atoms with Crippen LogP contribution in [0.15, 0.2) is 65.1 Å². The molecule has 0 spiro atoms. The molecule has 0 unspecified atom stereocenters. The van der Waals surface area contributed by atoms with Gasteiger partial charge in [0.25, 0.3) is 0 Å². The van der Waals surface area contributed by atoms with Crippen molar-refractivity contribution in [3.05, 3.63) is 72.1 Å². The summed E-state index contributed by atoms with van der Waals surface area (Å²) in [6.07, 6.45) is 2.93. The van der Waals surface area contributed by atoms with E-state index in [0.717, 1.165) is 11.1 Å². The van der Waals surface area contributed by atoms with Crippen molar-refractivity contribution in [3.63, 3.8) is 0 Å². The lowest BCUT2D eigenvalue weighted by Crippen LogP contribution is -2.20. The van der Waals surface area contributed by atoms with Crippen molar-refractivity contribution < 1.29 is 9.21 Å². The quantitative estimate of drug-likeness (QED) is 0.598. The number of amides is 1. The summed E-state index contributed by atoms with van der Waals surface area (Å²) < 4.78 is 5.50. The molecule has 4 nitrogen and oxygen atoms in total. The van der Waals surface area contributed by atoms with Crippen LogP contribution in [0.4, 0.5) is 0 Å². The van der Waals surface area contributed by atoms with Gasteiger partial charge < -0.3 is 9.73 Å². The fourth-order valence-corrected chi connectivity index (χ4v) is 1.97. The zero-order valence-corrected chi connectivity index (χ0v) is 12.3. The lowest BCUT2D eigenvalue weighted by Gasteiger charge is -1.93. The summed E-state index contributed by atoms with van der Waals surface area (Å²) >= 11 is 0. The van der Waals surface area contributed by atoms with E-state index >= 15 is 0 Å². The van der Waals surface area contributed by atoms with E-state index in [0.29, 0.717) is 11.5 Å². The minimum atomic E-state index is -0.241. The topological polar surface area (TPSA) is 55.1 Å². The number of hydrogen-bond donors (Lipinski definition) is 1. The van der Waals surface area contributed by atoms with Crippen LogP contribution in [-0.4, -0.2) is 17.4 Å². The monoisotopic (exact) mass is 302 g/mol. The first-order valence-corrected chi connectivity index (χ1v) is 7.17. The van der Waals surface area contributed by atoms with Gasteiger partial charge in [0.1, 0.15) is 5.52 Å². The molecule has 0 saturated carbocycles. The molecular formula is C19H14N2O2. The second-order valence-corrected chi connectivity index (χ2v) is 4.74. The molecule has 0 bridgehead atoms. The van der Waals surface area contributed by atoms with Gasteiger partial charge in [0, 0.05) is 17.7 Å². The van der Waals surface area contributed by atoms with Crippen LogP contribution < -0.4 is 5.32 Å². The van der Waals surface area contributed by atoms with Crippen molar-refractivity contribution in [2.24, 2.45) is 0 Å². The first kappa shape index (κ1) is 14.6. The maximum atomic E-state index is 11.7. The van der Waals surface area contributed by atoms with Crippen molar-refractivity contribution in [3.8, 4) is 11.8 Å². The van der Waals surface area contributed by atoms with Crippen molar-refractivity contribution >= 4 is 23.1 Å². The van der Waals surface area contributed by atoms with Crippen LogP contribution in [0.2, 0.25) is 0 Å². The second kappa shape index (κ2) is 7.10. The molecule has 0 atom stereocenters. The highest BCUT2D eigenvalue weighted by Crippen LogP contribution is 2.15. The minimum absolute atomic E-state index is 0.241. The standard InChI is InChI=1S/C19H14N2O2/c22-18(20-14-6-9-15-7-2-1-3-8-15)12-13-19-21-16-10-4-5-11-17(16)23-19/h1-5,7-8,10-13H,14H2,(H,20,22)/b13-12+. The third-order valence-corrected chi connectivity index (χ3v) is 3.05. The van der Waals surface area contributed by atoms with Gasteiger partial charge in [-0.15, -0.1) is 0 Å². The Morgan fingerprint density at radius 3 is 2.74 bits per heavy atom. The number of oxazole rings is 1. The molecule has 0 radical (unpaired) electrons. The Morgan fingerprint density at radius 2 is 1.91 bits per heavy atom. The molecule has 1 heterocycles. The summed E-state index contributed by atoms with van der Waals surface area (Å²) in [6, 6.07) is 17.1. The van der Waals surface area contributed by atoms with Crippen molar-refractivity contribution in [1.29, 1.82) is 0 Å². The highest BCUT2D eigenvalue weighted by Gasteiger charge is 2.01. The maximum Gasteiger partial charge on any atom is 0.244 e. The third-order valence-electron chi connectivity index (χ3n) is 3.05. The number of carbonyl (C=O) groups is 1. The molecule has 0 fully saturated rings. The number of para-hydroxylation sites is 2. The molecule has 3 rings (SSSR count). The number of hydrogen-bond acceptors (Lipinski definition) is 3. The molecule has 23 heavy (non-hydrogen) atoms. The van der Waals surface area contributed by atoms with Gasteiger partial charge in [-0.1, -0.05) is 42.2 Å². The Kier molecular flexibility index (Phi) is 4.51. The van der Waals surface area contributed by atoms with Crippen molar-refractivity contribution in [2.75, 3.05) is 6.54 Å². The van der Waals surface area contributed by atoms with Gasteiger partial charge in [0.15, 0.2) is 5.58 Å².